The van der Waals surface area contributed by atoms with Crippen LogP contribution in [0.25, 0.3) is 12.2 Å². The number of nitriles is 2. The molecule has 0 aliphatic rings. The van der Waals surface area contributed by atoms with Crippen molar-refractivity contribution < 1.29 is 23.5 Å². The van der Waals surface area contributed by atoms with Gasteiger partial charge in [-0.1, -0.05) is 24.3 Å². The van der Waals surface area contributed by atoms with Gasteiger partial charge in [0.1, 0.15) is 36.4 Å². The lowest BCUT2D eigenvalue weighted by Crippen LogP contribution is -2.43. The maximum Gasteiger partial charge on any atom is 0.349 e. The molecule has 2 aromatic carbocycles. The smallest absolute Gasteiger partial charge is 0.349 e. The van der Waals surface area contributed by atoms with E-state index in [0.29, 0.717) is 24.0 Å². The molecule has 0 spiro atoms. The van der Waals surface area contributed by atoms with Gasteiger partial charge in [0.05, 0.1) is 27.2 Å². The number of esters is 2. The summed E-state index contributed by atoms with van der Waals surface area (Å²) in [5.74, 6) is -1.31. The van der Waals surface area contributed by atoms with E-state index in [9.17, 15) is 20.1 Å². The molecule has 0 bridgehead atoms. The van der Waals surface area contributed by atoms with Crippen LogP contribution in [0.2, 0.25) is 0 Å². The minimum Gasteiger partial charge on any atom is -0.461 e. The van der Waals surface area contributed by atoms with E-state index in [1.165, 1.54) is 12.2 Å². The van der Waals surface area contributed by atoms with Gasteiger partial charge in [0, 0.05) is 44.0 Å². The van der Waals surface area contributed by atoms with E-state index >= 15 is 0 Å². The average molecular weight is 601 g/mol. The molecule has 2 aromatic rings. The Hall–Kier alpha value is -4.60. The molecule has 0 heterocycles. The summed E-state index contributed by atoms with van der Waals surface area (Å²) in [4.78, 5) is 29.5. The van der Waals surface area contributed by atoms with E-state index in [0.717, 1.165) is 48.7 Å². The Morgan fingerprint density at radius 1 is 0.682 bits per heavy atom. The lowest BCUT2D eigenvalue weighted by Gasteiger charge is -2.29. The van der Waals surface area contributed by atoms with Crippen molar-refractivity contribution in [2.75, 3.05) is 76.4 Å². The fourth-order valence-corrected chi connectivity index (χ4v) is 4.66. The quantitative estimate of drug-likeness (QED) is 0.0776. The molecule has 44 heavy (non-hydrogen) atoms. The topological polar surface area (TPSA) is 107 Å². The molecular weight excluding hydrogens is 554 g/mol. The monoisotopic (exact) mass is 600 g/mol. The maximum absolute atomic E-state index is 12.5. The number of benzene rings is 2. The highest BCUT2D eigenvalue weighted by molar-refractivity contribution is 5.98. The first-order valence-corrected chi connectivity index (χ1v) is 15.2. The van der Waals surface area contributed by atoms with E-state index in [1.54, 1.807) is 0 Å². The summed E-state index contributed by atoms with van der Waals surface area (Å²) < 4.78 is 11.3. The van der Waals surface area contributed by atoms with Gasteiger partial charge in [-0.15, -0.1) is 0 Å². The number of quaternary nitrogens is 1. The molecule has 9 heteroatoms. The van der Waals surface area contributed by atoms with Gasteiger partial charge in [0.25, 0.3) is 0 Å². The Balaban J connectivity index is 1.81. The second-order valence-corrected chi connectivity index (χ2v) is 10.9. The van der Waals surface area contributed by atoms with Gasteiger partial charge < -0.3 is 23.8 Å². The van der Waals surface area contributed by atoms with Crippen molar-refractivity contribution in [2.24, 2.45) is 0 Å². The summed E-state index contributed by atoms with van der Waals surface area (Å²) in [6, 6.07) is 19.3. The van der Waals surface area contributed by atoms with Crippen molar-refractivity contribution in [3.8, 4) is 12.1 Å². The van der Waals surface area contributed by atoms with Gasteiger partial charge in [-0.25, -0.2) is 9.59 Å². The standard InChI is InChI=1S/C35H46N5O4/c1-7-38(8-2)32-16-12-28(13-17-32)24-30(26-36)34(41)43-22-11-20-40(5,6)21-23-44-35(42)31(27-37)25-29-14-18-33(19-15-29)39(9-3)10-4/h12-19,24-25H,7-11,20-23H2,1-6H3/q+1/b30-24+,31-25-. The molecule has 0 radical (unpaired) electrons. The first-order valence-electron chi connectivity index (χ1n) is 15.2. The normalized spacial score (nSPS) is 11.7. The zero-order chi connectivity index (χ0) is 32.5. The van der Waals surface area contributed by atoms with Gasteiger partial charge in [0.15, 0.2) is 0 Å². The van der Waals surface area contributed by atoms with Crippen LogP contribution in [0.1, 0.15) is 45.2 Å². The molecule has 2 rings (SSSR count). The highest BCUT2D eigenvalue weighted by Crippen LogP contribution is 2.18. The molecule has 0 aliphatic heterocycles. The number of nitrogens with zero attached hydrogens (tertiary/aromatic N) is 5. The summed E-state index contributed by atoms with van der Waals surface area (Å²) in [6.45, 7) is 13.4. The number of anilines is 2. The van der Waals surface area contributed by atoms with Crippen LogP contribution in [-0.2, 0) is 19.1 Å². The van der Waals surface area contributed by atoms with Crippen molar-refractivity contribution in [1.82, 2.24) is 0 Å². The molecular formula is C35H46N5O4+. The highest BCUT2D eigenvalue weighted by atomic mass is 16.5. The Bertz CT molecular complexity index is 1360. The van der Waals surface area contributed by atoms with E-state index in [-0.39, 0.29) is 24.4 Å². The van der Waals surface area contributed by atoms with Crippen molar-refractivity contribution in [1.29, 1.82) is 10.5 Å². The van der Waals surface area contributed by atoms with Crippen LogP contribution >= 0.6 is 0 Å². The molecule has 0 amide bonds. The van der Waals surface area contributed by atoms with E-state index in [2.05, 4.69) is 37.5 Å². The van der Waals surface area contributed by atoms with E-state index < -0.39 is 11.9 Å². The second-order valence-electron chi connectivity index (χ2n) is 10.9. The lowest BCUT2D eigenvalue weighted by atomic mass is 10.1. The maximum atomic E-state index is 12.5. The van der Waals surface area contributed by atoms with Gasteiger partial charge in [-0.05, 0) is 75.2 Å². The van der Waals surface area contributed by atoms with Crippen LogP contribution in [0.5, 0.6) is 0 Å². The van der Waals surface area contributed by atoms with Crippen LogP contribution in [0, 0.1) is 22.7 Å². The third kappa shape index (κ3) is 11.2. The first-order chi connectivity index (χ1) is 21.1. The third-order valence-corrected chi connectivity index (χ3v) is 7.42. The largest absolute Gasteiger partial charge is 0.461 e. The average Bonchev–Trinajstić information content (AvgIpc) is 3.03. The van der Waals surface area contributed by atoms with Gasteiger partial charge in [-0.3, -0.25) is 0 Å². The second kappa shape index (κ2) is 18.1. The van der Waals surface area contributed by atoms with Crippen LogP contribution in [0.15, 0.2) is 59.7 Å². The Labute approximate surface area is 262 Å². The summed E-state index contributed by atoms with van der Waals surface area (Å²) in [5.41, 5.74) is 3.57. The van der Waals surface area contributed by atoms with Crippen LogP contribution < -0.4 is 9.80 Å². The SMILES string of the molecule is CCN(CC)c1ccc(/C=C(/C#N)C(=O)OCC[N+](C)(C)CCCOC(=O)/C(C#N)=C/c2ccc(N(CC)CC)cc2)cc1. The minimum atomic E-state index is -0.659. The molecule has 0 atom stereocenters. The number of hydrogen-bond acceptors (Lipinski definition) is 8. The predicted molar refractivity (Wildman–Crippen MR) is 176 cm³/mol. The molecule has 0 N–H and O–H groups in total. The summed E-state index contributed by atoms with van der Waals surface area (Å²) in [6.07, 6.45) is 3.64. The Morgan fingerprint density at radius 3 is 1.43 bits per heavy atom. The van der Waals surface area contributed by atoms with Crippen LogP contribution in [0.3, 0.4) is 0 Å². The molecule has 0 aliphatic carbocycles. The number of likely N-dealkylation sites (N-methyl/N-ethyl adjacent to an activating group) is 1. The third-order valence-electron chi connectivity index (χ3n) is 7.42. The number of hydrogen-bond donors (Lipinski definition) is 0. The molecule has 0 saturated heterocycles. The molecule has 0 saturated carbocycles. The van der Waals surface area contributed by atoms with E-state index in [4.69, 9.17) is 9.47 Å². The predicted octanol–water partition coefficient (Wildman–Crippen LogP) is 5.45. The van der Waals surface area contributed by atoms with Crippen molar-refractivity contribution >= 4 is 35.5 Å². The molecule has 0 fully saturated rings. The molecule has 0 aromatic heterocycles. The number of carbonyl (C=O) groups is 2. The van der Waals surface area contributed by atoms with Crippen LogP contribution in [-0.4, -0.2) is 83.0 Å². The molecule has 9 nitrogen and oxygen atoms in total. The Morgan fingerprint density at radius 2 is 1.07 bits per heavy atom. The number of ether oxygens (including phenoxy) is 2. The highest BCUT2D eigenvalue weighted by Gasteiger charge is 2.19. The van der Waals surface area contributed by atoms with E-state index in [1.807, 2.05) is 74.8 Å². The molecule has 234 valence electrons. The van der Waals surface area contributed by atoms with Gasteiger partial charge >= 0.3 is 11.9 Å². The summed E-state index contributed by atoms with van der Waals surface area (Å²) in [5, 5.41) is 19.0. The summed E-state index contributed by atoms with van der Waals surface area (Å²) >= 11 is 0. The van der Waals surface area contributed by atoms with Gasteiger partial charge in [0.2, 0.25) is 0 Å². The Kier molecular flexibility index (Phi) is 14.7. The zero-order valence-corrected chi connectivity index (χ0v) is 27.0. The van der Waals surface area contributed by atoms with Crippen LogP contribution in [0.4, 0.5) is 11.4 Å². The van der Waals surface area contributed by atoms with Gasteiger partial charge in [-0.2, -0.15) is 10.5 Å². The summed E-state index contributed by atoms with van der Waals surface area (Å²) in [7, 11) is 3.97. The lowest BCUT2D eigenvalue weighted by molar-refractivity contribution is -0.890. The minimum absolute atomic E-state index is 0.0533. The van der Waals surface area contributed by atoms with Crippen molar-refractivity contribution in [2.45, 2.75) is 34.1 Å². The van der Waals surface area contributed by atoms with Crippen molar-refractivity contribution in [3.05, 3.63) is 70.8 Å². The zero-order valence-electron chi connectivity index (χ0n) is 27.0. The number of rotatable bonds is 17. The number of carbonyl (C=O) groups excluding carboxylic acids is 2. The fourth-order valence-electron chi connectivity index (χ4n) is 4.66. The fraction of sp³-hybridized carbons (Fsp3) is 0.429. The molecule has 0 unspecified atom stereocenters. The van der Waals surface area contributed by atoms with Crippen molar-refractivity contribution in [3.63, 3.8) is 0 Å². The first kappa shape index (κ1) is 35.6.